The van der Waals surface area contributed by atoms with Crippen LogP contribution in [0.3, 0.4) is 0 Å². The van der Waals surface area contributed by atoms with Crippen LogP contribution >= 0.6 is 23.4 Å². The largest absolute Gasteiger partial charge is 0.366 e. The number of hydrogen-bond donors (Lipinski definition) is 1. The predicted octanol–water partition coefficient (Wildman–Crippen LogP) is 3.60. The molecule has 0 bridgehead atoms. The first-order valence-electron chi connectivity index (χ1n) is 5.23. The van der Waals surface area contributed by atoms with Crippen LogP contribution < -0.4 is 5.32 Å². The maximum Gasteiger partial charge on any atom is 0.141 e. The molecule has 0 atom stereocenters. The molecule has 1 aromatic carbocycles. The van der Waals surface area contributed by atoms with Gasteiger partial charge in [-0.05, 0) is 24.0 Å². The Hall–Kier alpha value is -1.33. The lowest BCUT2D eigenvalue weighted by molar-refractivity contribution is 0.627. The van der Waals surface area contributed by atoms with E-state index in [9.17, 15) is 4.39 Å². The zero-order valence-electron chi connectivity index (χ0n) is 9.65. The molecule has 0 unspecified atom stereocenters. The second kappa shape index (κ2) is 6.02. The monoisotopic (exact) mass is 283 g/mol. The standard InChI is InChI=1S/C12H11ClFN3S/c1-18-12-5-11(16-7-17-12)15-6-8-2-3-10(14)9(13)4-8/h2-5,7H,6H2,1H3,(H,15,16,17). The smallest absolute Gasteiger partial charge is 0.141 e. The molecule has 6 heteroatoms. The predicted molar refractivity (Wildman–Crippen MR) is 72.5 cm³/mol. The first-order chi connectivity index (χ1) is 8.69. The Kier molecular flexibility index (Phi) is 4.38. The van der Waals surface area contributed by atoms with Crippen molar-refractivity contribution in [2.45, 2.75) is 11.6 Å². The quantitative estimate of drug-likeness (QED) is 0.687. The van der Waals surface area contributed by atoms with Gasteiger partial charge >= 0.3 is 0 Å². The number of anilines is 1. The average Bonchev–Trinajstić information content (AvgIpc) is 2.40. The molecule has 2 aromatic rings. The molecule has 0 aliphatic heterocycles. The van der Waals surface area contributed by atoms with E-state index in [1.54, 1.807) is 23.9 Å². The minimum Gasteiger partial charge on any atom is -0.366 e. The Morgan fingerprint density at radius 2 is 2.17 bits per heavy atom. The van der Waals surface area contributed by atoms with Crippen molar-refractivity contribution in [1.29, 1.82) is 0 Å². The lowest BCUT2D eigenvalue weighted by Crippen LogP contribution is -2.02. The molecule has 0 spiro atoms. The number of rotatable bonds is 4. The van der Waals surface area contributed by atoms with E-state index < -0.39 is 5.82 Å². The van der Waals surface area contributed by atoms with E-state index in [0.717, 1.165) is 16.4 Å². The molecule has 1 heterocycles. The number of hydrogen-bond acceptors (Lipinski definition) is 4. The molecule has 1 aromatic heterocycles. The first kappa shape index (κ1) is 13.1. The van der Waals surface area contributed by atoms with Gasteiger partial charge in [0.1, 0.15) is 23.0 Å². The third-order valence-electron chi connectivity index (χ3n) is 2.31. The van der Waals surface area contributed by atoms with Crippen molar-refractivity contribution in [3.8, 4) is 0 Å². The van der Waals surface area contributed by atoms with E-state index in [2.05, 4.69) is 15.3 Å². The molecular weight excluding hydrogens is 273 g/mol. The maximum atomic E-state index is 13.0. The van der Waals surface area contributed by atoms with Gasteiger partial charge in [0.05, 0.1) is 5.02 Å². The molecule has 0 radical (unpaired) electrons. The Morgan fingerprint density at radius 1 is 1.33 bits per heavy atom. The second-order valence-corrected chi connectivity index (χ2v) is 4.78. The molecule has 0 aliphatic carbocycles. The lowest BCUT2D eigenvalue weighted by Gasteiger charge is -2.06. The highest BCUT2D eigenvalue weighted by molar-refractivity contribution is 7.98. The third-order valence-corrected chi connectivity index (χ3v) is 3.24. The fourth-order valence-electron chi connectivity index (χ4n) is 1.39. The number of benzene rings is 1. The van der Waals surface area contributed by atoms with E-state index in [1.807, 2.05) is 12.3 Å². The molecule has 0 saturated carbocycles. The number of halogens is 2. The topological polar surface area (TPSA) is 37.8 Å². The summed E-state index contributed by atoms with van der Waals surface area (Å²) in [4.78, 5) is 8.18. The molecule has 94 valence electrons. The van der Waals surface area contributed by atoms with Crippen molar-refractivity contribution < 1.29 is 4.39 Å². The van der Waals surface area contributed by atoms with Gasteiger partial charge in [0.25, 0.3) is 0 Å². The Morgan fingerprint density at radius 3 is 2.89 bits per heavy atom. The molecule has 0 saturated heterocycles. The SMILES string of the molecule is CSc1cc(NCc2ccc(F)c(Cl)c2)ncn1. The number of nitrogens with zero attached hydrogens (tertiary/aromatic N) is 2. The molecule has 3 nitrogen and oxygen atoms in total. The summed E-state index contributed by atoms with van der Waals surface area (Å²) in [5.74, 6) is 0.321. The van der Waals surface area contributed by atoms with Gasteiger partial charge in [0.15, 0.2) is 0 Å². The summed E-state index contributed by atoms with van der Waals surface area (Å²) in [5, 5.41) is 4.16. The van der Waals surface area contributed by atoms with Gasteiger partial charge in [-0.15, -0.1) is 11.8 Å². The van der Waals surface area contributed by atoms with Gasteiger partial charge in [-0.25, -0.2) is 14.4 Å². The van der Waals surface area contributed by atoms with E-state index in [4.69, 9.17) is 11.6 Å². The highest BCUT2D eigenvalue weighted by atomic mass is 35.5. The van der Waals surface area contributed by atoms with Crippen LogP contribution in [-0.4, -0.2) is 16.2 Å². The summed E-state index contributed by atoms with van der Waals surface area (Å²) in [6.07, 6.45) is 3.46. The Balaban J connectivity index is 2.04. The van der Waals surface area contributed by atoms with Gasteiger partial charge in [-0.3, -0.25) is 0 Å². The summed E-state index contributed by atoms with van der Waals surface area (Å²) in [5.41, 5.74) is 0.894. The lowest BCUT2D eigenvalue weighted by atomic mass is 10.2. The van der Waals surface area contributed by atoms with Crippen LogP contribution in [0.5, 0.6) is 0 Å². The van der Waals surface area contributed by atoms with Crippen LogP contribution in [0.1, 0.15) is 5.56 Å². The Bertz CT molecular complexity index is 551. The fourth-order valence-corrected chi connectivity index (χ4v) is 1.98. The zero-order valence-corrected chi connectivity index (χ0v) is 11.2. The summed E-state index contributed by atoms with van der Waals surface area (Å²) >= 11 is 7.26. The molecule has 0 aliphatic rings. The Labute approximate surface area is 114 Å². The molecule has 2 rings (SSSR count). The van der Waals surface area contributed by atoms with Crippen molar-refractivity contribution >= 4 is 29.2 Å². The van der Waals surface area contributed by atoms with Crippen LogP contribution in [-0.2, 0) is 6.54 Å². The molecular formula is C12H11ClFN3S. The van der Waals surface area contributed by atoms with Crippen LogP contribution in [0.15, 0.2) is 35.6 Å². The van der Waals surface area contributed by atoms with Crippen molar-refractivity contribution in [2.24, 2.45) is 0 Å². The van der Waals surface area contributed by atoms with E-state index in [-0.39, 0.29) is 5.02 Å². The van der Waals surface area contributed by atoms with Crippen molar-refractivity contribution in [3.63, 3.8) is 0 Å². The van der Waals surface area contributed by atoms with Crippen LogP contribution in [0.4, 0.5) is 10.2 Å². The second-order valence-electron chi connectivity index (χ2n) is 3.55. The van der Waals surface area contributed by atoms with Crippen molar-refractivity contribution in [2.75, 3.05) is 11.6 Å². The number of nitrogens with one attached hydrogen (secondary N) is 1. The van der Waals surface area contributed by atoms with Crippen LogP contribution in [0, 0.1) is 5.82 Å². The van der Waals surface area contributed by atoms with E-state index in [0.29, 0.717) is 6.54 Å². The van der Waals surface area contributed by atoms with Crippen LogP contribution in [0.25, 0.3) is 0 Å². The number of aromatic nitrogens is 2. The van der Waals surface area contributed by atoms with Gasteiger partial charge in [0.2, 0.25) is 0 Å². The van der Waals surface area contributed by atoms with E-state index in [1.165, 1.54) is 12.4 Å². The summed E-state index contributed by atoms with van der Waals surface area (Å²) < 4.78 is 13.0. The zero-order chi connectivity index (χ0) is 13.0. The minimum atomic E-state index is -0.410. The van der Waals surface area contributed by atoms with Gasteiger partial charge < -0.3 is 5.32 Å². The maximum absolute atomic E-state index is 13.0. The molecule has 18 heavy (non-hydrogen) atoms. The molecule has 1 N–H and O–H groups in total. The van der Waals surface area contributed by atoms with Gasteiger partial charge in [-0.2, -0.15) is 0 Å². The summed E-state index contributed by atoms with van der Waals surface area (Å²) in [7, 11) is 0. The average molecular weight is 284 g/mol. The van der Waals surface area contributed by atoms with Crippen LogP contribution in [0.2, 0.25) is 5.02 Å². The fraction of sp³-hybridized carbons (Fsp3) is 0.167. The third kappa shape index (κ3) is 3.34. The van der Waals surface area contributed by atoms with Crippen molar-refractivity contribution in [1.82, 2.24) is 9.97 Å². The normalized spacial score (nSPS) is 10.4. The highest BCUT2D eigenvalue weighted by Gasteiger charge is 2.02. The minimum absolute atomic E-state index is 0.127. The van der Waals surface area contributed by atoms with E-state index >= 15 is 0 Å². The van der Waals surface area contributed by atoms with Gasteiger partial charge in [-0.1, -0.05) is 17.7 Å². The summed E-state index contributed by atoms with van der Waals surface area (Å²) in [6.45, 7) is 0.533. The first-order valence-corrected chi connectivity index (χ1v) is 6.83. The molecule has 0 amide bonds. The highest BCUT2D eigenvalue weighted by Crippen LogP contribution is 2.18. The molecule has 0 fully saturated rings. The summed E-state index contributed by atoms with van der Waals surface area (Å²) in [6, 6.07) is 6.49. The van der Waals surface area contributed by atoms with Crippen molar-refractivity contribution in [3.05, 3.63) is 47.0 Å². The number of thioether (sulfide) groups is 1. The van der Waals surface area contributed by atoms with Gasteiger partial charge in [0, 0.05) is 12.6 Å².